The van der Waals surface area contributed by atoms with E-state index in [1.54, 1.807) is 0 Å². The lowest BCUT2D eigenvalue weighted by atomic mass is 9.82. The predicted molar refractivity (Wildman–Crippen MR) is 84.8 cm³/mol. The average Bonchev–Trinajstić information content (AvgIpc) is 2.88. The molecule has 0 saturated carbocycles. The number of para-hydroxylation sites is 1. The van der Waals surface area contributed by atoms with Gasteiger partial charge in [-0.15, -0.1) is 0 Å². The molecule has 4 rings (SSSR count). The van der Waals surface area contributed by atoms with Crippen LogP contribution in [0.15, 0.2) is 24.3 Å². The Labute approximate surface area is 127 Å². The van der Waals surface area contributed by atoms with Gasteiger partial charge in [-0.05, 0) is 44.4 Å². The van der Waals surface area contributed by atoms with E-state index in [0.29, 0.717) is 12.1 Å². The molecule has 3 aliphatic heterocycles. The van der Waals surface area contributed by atoms with Gasteiger partial charge in [0.05, 0.1) is 0 Å². The zero-order valence-electron chi connectivity index (χ0n) is 12.9. The molecule has 2 fully saturated rings. The number of nitrogens with zero attached hydrogens (tertiary/aromatic N) is 1. The number of hydrogen-bond acceptors (Lipinski definition) is 3. The van der Waals surface area contributed by atoms with Gasteiger partial charge in [0.2, 0.25) is 0 Å². The molecule has 0 spiro atoms. The molecule has 0 amide bonds. The second-order valence-electron chi connectivity index (χ2n) is 7.03. The van der Waals surface area contributed by atoms with E-state index in [2.05, 4.69) is 41.5 Å². The van der Waals surface area contributed by atoms with E-state index in [9.17, 15) is 0 Å². The van der Waals surface area contributed by atoms with E-state index in [1.165, 1.54) is 37.7 Å². The van der Waals surface area contributed by atoms with Crippen LogP contribution in [0, 0.1) is 0 Å². The molecule has 1 N–H and O–H groups in total. The van der Waals surface area contributed by atoms with Crippen molar-refractivity contribution in [2.45, 2.75) is 62.8 Å². The summed E-state index contributed by atoms with van der Waals surface area (Å²) in [6.45, 7) is 0.989. The maximum Gasteiger partial charge on any atom is 0.123 e. The Balaban J connectivity index is 1.31. The molecule has 3 aliphatic rings. The Morgan fingerprint density at radius 2 is 1.95 bits per heavy atom. The zero-order chi connectivity index (χ0) is 14.2. The third-order valence-corrected chi connectivity index (χ3v) is 5.69. The Morgan fingerprint density at radius 1 is 1.19 bits per heavy atom. The zero-order valence-corrected chi connectivity index (χ0v) is 12.9. The maximum absolute atomic E-state index is 6.04. The maximum atomic E-state index is 6.04. The number of nitrogens with one attached hydrogen (secondary N) is 1. The van der Waals surface area contributed by atoms with E-state index in [4.69, 9.17) is 4.74 Å². The number of rotatable bonds is 3. The highest BCUT2D eigenvalue weighted by atomic mass is 16.5. The van der Waals surface area contributed by atoms with Gasteiger partial charge in [-0.2, -0.15) is 0 Å². The highest BCUT2D eigenvalue weighted by Gasteiger charge is 2.36. The first-order chi connectivity index (χ1) is 10.3. The van der Waals surface area contributed by atoms with Crippen molar-refractivity contribution in [3.8, 4) is 5.75 Å². The molecule has 1 aromatic carbocycles. The molecule has 3 unspecified atom stereocenters. The fraction of sp³-hybridized carbons (Fsp3) is 0.667. The number of piperidine rings is 2. The smallest absolute Gasteiger partial charge is 0.123 e. The molecule has 0 aromatic heterocycles. The lowest BCUT2D eigenvalue weighted by molar-refractivity contribution is 0.0462. The standard InChI is InChI=1S/C18H26N2O/c1-20-15-6-4-7-16(20)11-14(10-15)19-12-17-9-13-5-2-3-8-18(13)21-17/h2-3,5,8,14-17,19H,4,6-7,9-12H2,1H3. The topological polar surface area (TPSA) is 24.5 Å². The van der Waals surface area contributed by atoms with E-state index in [1.807, 2.05) is 0 Å². The SMILES string of the molecule is CN1C2CCCC1CC(NCC1Cc3ccccc3O1)C2. The second-order valence-corrected chi connectivity index (χ2v) is 7.03. The first-order valence-corrected chi connectivity index (χ1v) is 8.49. The average molecular weight is 286 g/mol. The minimum atomic E-state index is 0.321. The minimum absolute atomic E-state index is 0.321. The highest BCUT2D eigenvalue weighted by molar-refractivity contribution is 5.37. The van der Waals surface area contributed by atoms with Gasteiger partial charge in [-0.25, -0.2) is 0 Å². The third-order valence-electron chi connectivity index (χ3n) is 5.69. The number of ether oxygens (including phenoxy) is 1. The van der Waals surface area contributed by atoms with E-state index < -0.39 is 0 Å². The van der Waals surface area contributed by atoms with Crippen molar-refractivity contribution >= 4 is 0 Å². The van der Waals surface area contributed by atoms with Gasteiger partial charge in [0, 0.05) is 31.1 Å². The van der Waals surface area contributed by atoms with Crippen LogP contribution in [0.25, 0.3) is 0 Å². The van der Waals surface area contributed by atoms with Gasteiger partial charge in [0.1, 0.15) is 11.9 Å². The summed E-state index contributed by atoms with van der Waals surface area (Å²) < 4.78 is 6.04. The third kappa shape index (κ3) is 2.69. The molecular formula is C18H26N2O. The highest BCUT2D eigenvalue weighted by Crippen LogP contribution is 2.33. The molecule has 3 nitrogen and oxygen atoms in total. The summed E-state index contributed by atoms with van der Waals surface area (Å²) >= 11 is 0. The van der Waals surface area contributed by atoms with E-state index in [0.717, 1.165) is 30.8 Å². The summed E-state index contributed by atoms with van der Waals surface area (Å²) in [5, 5.41) is 3.80. The molecule has 3 atom stereocenters. The summed E-state index contributed by atoms with van der Waals surface area (Å²) in [4.78, 5) is 2.63. The molecule has 3 heterocycles. The molecule has 21 heavy (non-hydrogen) atoms. The molecule has 0 radical (unpaired) electrons. The quantitative estimate of drug-likeness (QED) is 0.924. The van der Waals surface area contributed by atoms with Crippen LogP contribution < -0.4 is 10.1 Å². The Bertz CT molecular complexity index is 465. The number of benzene rings is 1. The lowest BCUT2D eigenvalue weighted by Crippen LogP contribution is -2.55. The largest absolute Gasteiger partial charge is 0.488 e. The predicted octanol–water partition coefficient (Wildman–Crippen LogP) is 2.60. The van der Waals surface area contributed by atoms with Crippen LogP contribution in [0.1, 0.15) is 37.7 Å². The van der Waals surface area contributed by atoms with Gasteiger partial charge in [0.15, 0.2) is 0 Å². The Morgan fingerprint density at radius 3 is 2.71 bits per heavy atom. The van der Waals surface area contributed by atoms with Crippen molar-refractivity contribution in [1.29, 1.82) is 0 Å². The van der Waals surface area contributed by atoms with Crippen LogP contribution in [-0.2, 0) is 6.42 Å². The fourth-order valence-corrected chi connectivity index (χ4v) is 4.45. The number of hydrogen-bond donors (Lipinski definition) is 1. The summed E-state index contributed by atoms with van der Waals surface area (Å²) in [6.07, 6.45) is 8.20. The molecule has 2 saturated heterocycles. The molecule has 2 bridgehead atoms. The molecule has 3 heteroatoms. The van der Waals surface area contributed by atoms with Crippen molar-refractivity contribution in [3.05, 3.63) is 29.8 Å². The first-order valence-electron chi connectivity index (χ1n) is 8.49. The van der Waals surface area contributed by atoms with Gasteiger partial charge in [0.25, 0.3) is 0 Å². The van der Waals surface area contributed by atoms with E-state index >= 15 is 0 Å². The van der Waals surface area contributed by atoms with Crippen molar-refractivity contribution in [2.24, 2.45) is 0 Å². The van der Waals surface area contributed by atoms with Crippen LogP contribution in [0.5, 0.6) is 5.75 Å². The van der Waals surface area contributed by atoms with Crippen LogP contribution in [0.2, 0.25) is 0 Å². The van der Waals surface area contributed by atoms with E-state index in [-0.39, 0.29) is 0 Å². The summed E-state index contributed by atoms with van der Waals surface area (Å²) in [5.74, 6) is 1.09. The molecule has 1 aromatic rings. The Kier molecular flexibility index (Phi) is 3.64. The van der Waals surface area contributed by atoms with Gasteiger partial charge in [-0.1, -0.05) is 24.6 Å². The van der Waals surface area contributed by atoms with Crippen molar-refractivity contribution in [3.63, 3.8) is 0 Å². The summed E-state index contributed by atoms with van der Waals surface area (Å²) in [5.41, 5.74) is 1.37. The normalized spacial score (nSPS) is 35.3. The molecule has 0 aliphatic carbocycles. The van der Waals surface area contributed by atoms with Crippen LogP contribution >= 0.6 is 0 Å². The summed E-state index contributed by atoms with van der Waals surface area (Å²) in [6, 6.07) is 10.7. The van der Waals surface area contributed by atoms with Gasteiger partial charge >= 0.3 is 0 Å². The Hall–Kier alpha value is -1.06. The van der Waals surface area contributed by atoms with Crippen LogP contribution in [0.4, 0.5) is 0 Å². The molecule has 114 valence electrons. The lowest BCUT2D eigenvalue weighted by Gasteiger charge is -2.47. The van der Waals surface area contributed by atoms with Crippen LogP contribution in [-0.4, -0.2) is 42.7 Å². The van der Waals surface area contributed by atoms with Crippen molar-refractivity contribution in [2.75, 3.05) is 13.6 Å². The first kappa shape index (κ1) is 13.6. The number of fused-ring (bicyclic) bond motifs is 3. The second kappa shape index (κ2) is 5.62. The minimum Gasteiger partial charge on any atom is -0.488 e. The monoisotopic (exact) mass is 286 g/mol. The van der Waals surface area contributed by atoms with Crippen LogP contribution in [0.3, 0.4) is 0 Å². The fourth-order valence-electron chi connectivity index (χ4n) is 4.45. The molecular weight excluding hydrogens is 260 g/mol. The van der Waals surface area contributed by atoms with Crippen molar-refractivity contribution < 1.29 is 4.74 Å². The summed E-state index contributed by atoms with van der Waals surface area (Å²) in [7, 11) is 2.32. The van der Waals surface area contributed by atoms with Crippen molar-refractivity contribution in [1.82, 2.24) is 10.2 Å². The van der Waals surface area contributed by atoms with Gasteiger partial charge < -0.3 is 15.0 Å². The van der Waals surface area contributed by atoms with Gasteiger partial charge in [-0.3, -0.25) is 0 Å².